The van der Waals surface area contributed by atoms with Crippen LogP contribution in [-0.2, 0) is 18.4 Å². The number of carboxylic acids is 1. The Bertz CT molecular complexity index is 834. The van der Waals surface area contributed by atoms with Crippen molar-refractivity contribution >= 4 is 5.97 Å². The summed E-state index contributed by atoms with van der Waals surface area (Å²) >= 11 is 0. The molecule has 2 heterocycles. The second-order valence-electron chi connectivity index (χ2n) is 6.83. The zero-order valence-electron chi connectivity index (χ0n) is 14.2. The number of hydrogen-bond donors (Lipinski definition) is 2. The summed E-state index contributed by atoms with van der Waals surface area (Å²) < 4.78 is 7.75. The molecule has 8 nitrogen and oxygen atoms in total. The van der Waals surface area contributed by atoms with Crippen LogP contribution in [-0.4, -0.2) is 37.2 Å². The molecule has 0 radical (unpaired) electrons. The van der Waals surface area contributed by atoms with Gasteiger partial charge in [0.25, 0.3) is 0 Å². The Balaban J connectivity index is 1.54. The van der Waals surface area contributed by atoms with Crippen molar-refractivity contribution in [2.24, 2.45) is 30.5 Å². The van der Waals surface area contributed by atoms with Gasteiger partial charge in [-0.1, -0.05) is 5.21 Å². The van der Waals surface area contributed by atoms with Gasteiger partial charge in [0.15, 0.2) is 0 Å². The van der Waals surface area contributed by atoms with Gasteiger partial charge in [-0.3, -0.25) is 9.48 Å². The average Bonchev–Trinajstić information content (AvgIpc) is 2.99. The third-order valence-electron chi connectivity index (χ3n) is 5.42. The molecule has 25 heavy (non-hydrogen) atoms. The van der Waals surface area contributed by atoms with Crippen molar-refractivity contribution in [3.63, 3.8) is 0 Å². The van der Waals surface area contributed by atoms with Crippen LogP contribution < -0.4 is 10.5 Å². The van der Waals surface area contributed by atoms with E-state index in [-0.39, 0.29) is 23.9 Å². The van der Waals surface area contributed by atoms with Crippen LogP contribution in [0.1, 0.15) is 24.2 Å². The molecular weight excluding hydrogens is 322 g/mol. The number of carbonyl (C=O) groups is 1. The largest absolute Gasteiger partial charge is 0.488 e. The molecule has 132 valence electrons. The number of aryl methyl sites for hydroxylation is 2. The molecule has 2 aliphatic carbocycles. The van der Waals surface area contributed by atoms with Gasteiger partial charge in [0.1, 0.15) is 17.5 Å². The van der Waals surface area contributed by atoms with Crippen LogP contribution in [0, 0.1) is 24.7 Å². The molecule has 2 fully saturated rings. The van der Waals surface area contributed by atoms with Crippen LogP contribution >= 0.6 is 0 Å². The van der Waals surface area contributed by atoms with Gasteiger partial charge in [-0.25, -0.2) is 4.98 Å². The predicted octanol–water partition coefficient (Wildman–Crippen LogP) is 1.13. The maximum atomic E-state index is 11.2. The molecule has 2 aliphatic rings. The van der Waals surface area contributed by atoms with Crippen molar-refractivity contribution in [2.75, 3.05) is 0 Å². The van der Waals surface area contributed by atoms with Gasteiger partial charge in [0.05, 0.1) is 23.0 Å². The standard InChI is InChI=1S/C17H21N5O3/c1-8-12(25-13-5-3-9-14(13)15(9)17(23)24)6-4-10(19-8)16-11(7-18)22(2)21-20-16/h4,6,9,13-15H,3,5,7,18H2,1-2H3,(H,23,24). The lowest BCUT2D eigenvalue weighted by Crippen LogP contribution is -2.20. The lowest BCUT2D eigenvalue weighted by molar-refractivity contribution is -0.139. The average molecular weight is 343 g/mol. The summed E-state index contributed by atoms with van der Waals surface area (Å²) in [5.41, 5.74) is 8.72. The Labute approximate surface area is 145 Å². The second-order valence-corrected chi connectivity index (χ2v) is 6.83. The predicted molar refractivity (Wildman–Crippen MR) is 88.6 cm³/mol. The van der Waals surface area contributed by atoms with Crippen molar-refractivity contribution in [2.45, 2.75) is 32.4 Å². The first-order valence-corrected chi connectivity index (χ1v) is 8.47. The van der Waals surface area contributed by atoms with Gasteiger partial charge in [-0.05, 0) is 37.8 Å². The molecule has 2 aromatic heterocycles. The number of pyridine rings is 1. The molecule has 2 saturated carbocycles. The van der Waals surface area contributed by atoms with Gasteiger partial charge in [-0.2, -0.15) is 0 Å². The van der Waals surface area contributed by atoms with Gasteiger partial charge in [-0.15, -0.1) is 5.10 Å². The lowest BCUT2D eigenvalue weighted by Gasteiger charge is -2.18. The molecule has 0 amide bonds. The summed E-state index contributed by atoms with van der Waals surface area (Å²) in [7, 11) is 1.80. The number of nitrogens with zero attached hydrogens (tertiary/aromatic N) is 4. The van der Waals surface area contributed by atoms with Crippen LogP contribution in [0.3, 0.4) is 0 Å². The number of ether oxygens (including phenoxy) is 1. The van der Waals surface area contributed by atoms with Crippen molar-refractivity contribution in [1.29, 1.82) is 0 Å². The first-order chi connectivity index (χ1) is 12.0. The summed E-state index contributed by atoms with van der Waals surface area (Å²) in [5.74, 6) is 0.175. The maximum absolute atomic E-state index is 11.2. The third kappa shape index (κ3) is 2.57. The maximum Gasteiger partial charge on any atom is 0.307 e. The Hall–Kier alpha value is -2.48. The first-order valence-electron chi connectivity index (χ1n) is 8.47. The van der Waals surface area contributed by atoms with E-state index in [0.29, 0.717) is 23.7 Å². The highest BCUT2D eigenvalue weighted by Crippen LogP contribution is 2.58. The fourth-order valence-corrected chi connectivity index (χ4v) is 4.09. The van der Waals surface area contributed by atoms with Gasteiger partial charge >= 0.3 is 5.97 Å². The number of rotatable bonds is 5. The second kappa shape index (κ2) is 5.80. The van der Waals surface area contributed by atoms with Crippen LogP contribution in [0.2, 0.25) is 0 Å². The van der Waals surface area contributed by atoms with Crippen molar-refractivity contribution in [3.8, 4) is 17.1 Å². The lowest BCUT2D eigenvalue weighted by atomic mass is 10.1. The normalized spacial score (nSPS) is 27.2. The molecule has 0 spiro atoms. The molecule has 0 aliphatic heterocycles. The molecule has 8 heteroatoms. The molecule has 4 unspecified atom stereocenters. The smallest absolute Gasteiger partial charge is 0.307 e. The number of aliphatic carboxylic acids is 1. The van der Waals surface area contributed by atoms with Crippen LogP contribution in [0.15, 0.2) is 12.1 Å². The van der Waals surface area contributed by atoms with Crippen LogP contribution in [0.25, 0.3) is 11.4 Å². The van der Waals surface area contributed by atoms with Gasteiger partial charge < -0.3 is 15.6 Å². The SMILES string of the molecule is Cc1nc(-c2nnn(C)c2CN)ccc1OC1CCC2C(C(=O)O)C12. The number of hydrogen-bond acceptors (Lipinski definition) is 6. The zero-order chi connectivity index (χ0) is 17.7. The Morgan fingerprint density at radius 1 is 1.44 bits per heavy atom. The van der Waals surface area contributed by atoms with Crippen LogP contribution in [0.5, 0.6) is 5.75 Å². The monoisotopic (exact) mass is 343 g/mol. The molecular formula is C17H21N5O3. The van der Waals surface area contributed by atoms with E-state index in [4.69, 9.17) is 10.5 Å². The van der Waals surface area contributed by atoms with Crippen molar-refractivity contribution in [1.82, 2.24) is 20.0 Å². The first kappa shape index (κ1) is 16.0. The van der Waals surface area contributed by atoms with E-state index in [1.54, 1.807) is 11.7 Å². The van der Waals surface area contributed by atoms with Gasteiger partial charge in [0, 0.05) is 19.5 Å². The molecule has 4 rings (SSSR count). The minimum atomic E-state index is -0.703. The molecule has 0 aromatic carbocycles. The van der Waals surface area contributed by atoms with E-state index in [1.807, 2.05) is 19.1 Å². The highest BCUT2D eigenvalue weighted by molar-refractivity contribution is 5.75. The van der Waals surface area contributed by atoms with E-state index < -0.39 is 5.97 Å². The molecule has 2 aromatic rings. The minimum Gasteiger partial charge on any atom is -0.488 e. The Morgan fingerprint density at radius 2 is 2.24 bits per heavy atom. The summed E-state index contributed by atoms with van der Waals surface area (Å²) in [5, 5.41) is 17.4. The summed E-state index contributed by atoms with van der Waals surface area (Å²) in [4.78, 5) is 15.8. The number of carboxylic acid groups (broad SMARTS) is 1. The van der Waals surface area contributed by atoms with Crippen LogP contribution in [0.4, 0.5) is 0 Å². The van der Waals surface area contributed by atoms with Gasteiger partial charge in [0.2, 0.25) is 0 Å². The highest BCUT2D eigenvalue weighted by Gasteiger charge is 2.63. The summed E-state index contributed by atoms with van der Waals surface area (Å²) in [6.45, 7) is 2.21. The molecule has 0 bridgehead atoms. The number of aromatic nitrogens is 4. The Morgan fingerprint density at radius 3 is 2.88 bits per heavy atom. The quantitative estimate of drug-likeness (QED) is 0.836. The summed E-state index contributed by atoms with van der Waals surface area (Å²) in [6, 6.07) is 3.72. The summed E-state index contributed by atoms with van der Waals surface area (Å²) in [6.07, 6.45) is 1.80. The zero-order valence-corrected chi connectivity index (χ0v) is 14.2. The van der Waals surface area contributed by atoms with E-state index in [9.17, 15) is 9.90 Å². The fourth-order valence-electron chi connectivity index (χ4n) is 4.09. The Kier molecular flexibility index (Phi) is 3.72. The van der Waals surface area contributed by atoms with Crippen molar-refractivity contribution < 1.29 is 14.6 Å². The van der Waals surface area contributed by atoms with E-state index >= 15 is 0 Å². The van der Waals surface area contributed by atoms with E-state index in [1.165, 1.54) is 0 Å². The molecule has 3 N–H and O–H groups in total. The number of nitrogens with two attached hydrogens (primary N) is 1. The number of fused-ring (bicyclic) bond motifs is 1. The van der Waals surface area contributed by atoms with E-state index in [0.717, 1.165) is 24.2 Å². The van der Waals surface area contributed by atoms with E-state index in [2.05, 4.69) is 15.3 Å². The highest BCUT2D eigenvalue weighted by atomic mass is 16.5. The fraction of sp³-hybridized carbons (Fsp3) is 0.529. The third-order valence-corrected chi connectivity index (χ3v) is 5.42. The molecule has 4 atom stereocenters. The topological polar surface area (TPSA) is 116 Å². The minimum absolute atomic E-state index is 0.0337. The van der Waals surface area contributed by atoms with Crippen molar-refractivity contribution in [3.05, 3.63) is 23.5 Å². The molecule has 0 saturated heterocycles.